The van der Waals surface area contributed by atoms with E-state index in [1.807, 2.05) is 13.1 Å². The van der Waals surface area contributed by atoms with Crippen LogP contribution in [0.1, 0.15) is 50.6 Å². The maximum absolute atomic E-state index is 5.89. The lowest BCUT2D eigenvalue weighted by Crippen LogP contribution is -2.48. The van der Waals surface area contributed by atoms with E-state index >= 15 is 0 Å². The third-order valence-electron chi connectivity index (χ3n) is 5.95. The third-order valence-corrected chi connectivity index (χ3v) is 5.95. The number of hydrogen-bond donors (Lipinski definition) is 2. The standard InChI is InChI=1S/C22H36N4O2/c1-22(12-9-15-28-22)17-25-21(23-2)24-16-19(26-13-7-4-8-14-26)18-10-5-6-11-20(18)27-3/h5-6,10-11,19H,4,7-9,12-17H2,1-3H3,(H2,23,24,25). The zero-order chi connectivity index (χ0) is 19.8. The number of piperidine rings is 1. The quantitative estimate of drug-likeness (QED) is 0.556. The van der Waals surface area contributed by atoms with Crippen molar-refractivity contribution in [2.24, 2.45) is 4.99 Å². The first-order valence-electron chi connectivity index (χ1n) is 10.6. The SMILES string of the molecule is CN=C(NCC(c1ccccc1OC)N1CCCCC1)NCC1(C)CCCO1. The highest BCUT2D eigenvalue weighted by atomic mass is 16.5. The van der Waals surface area contributed by atoms with Crippen LogP contribution in [-0.4, -0.2) is 63.4 Å². The van der Waals surface area contributed by atoms with E-state index in [2.05, 4.69) is 45.6 Å². The van der Waals surface area contributed by atoms with E-state index in [4.69, 9.17) is 9.47 Å². The molecule has 28 heavy (non-hydrogen) atoms. The van der Waals surface area contributed by atoms with Crippen molar-refractivity contribution < 1.29 is 9.47 Å². The molecule has 3 rings (SSSR count). The van der Waals surface area contributed by atoms with E-state index in [0.29, 0.717) is 0 Å². The number of hydrogen-bond acceptors (Lipinski definition) is 4. The summed E-state index contributed by atoms with van der Waals surface area (Å²) in [6.45, 7) is 6.85. The predicted molar refractivity (Wildman–Crippen MR) is 114 cm³/mol. The van der Waals surface area contributed by atoms with E-state index in [1.54, 1.807) is 7.11 Å². The fourth-order valence-electron chi connectivity index (χ4n) is 4.27. The van der Waals surface area contributed by atoms with E-state index < -0.39 is 0 Å². The van der Waals surface area contributed by atoms with Gasteiger partial charge in [-0.2, -0.15) is 0 Å². The summed E-state index contributed by atoms with van der Waals surface area (Å²) >= 11 is 0. The van der Waals surface area contributed by atoms with Gasteiger partial charge in [-0.05, 0) is 51.8 Å². The van der Waals surface area contributed by atoms with E-state index in [9.17, 15) is 0 Å². The Kier molecular flexibility index (Phi) is 7.57. The largest absolute Gasteiger partial charge is 0.496 e. The maximum Gasteiger partial charge on any atom is 0.191 e. The average molecular weight is 389 g/mol. The highest BCUT2D eigenvalue weighted by Crippen LogP contribution is 2.31. The summed E-state index contributed by atoms with van der Waals surface area (Å²) in [5, 5.41) is 7.00. The fraction of sp³-hybridized carbons (Fsp3) is 0.682. The number of ether oxygens (including phenoxy) is 2. The number of aliphatic imine (C=N–C) groups is 1. The van der Waals surface area contributed by atoms with Gasteiger partial charge in [0.05, 0.1) is 18.8 Å². The molecule has 2 N–H and O–H groups in total. The van der Waals surface area contributed by atoms with Crippen molar-refractivity contribution in [1.82, 2.24) is 15.5 Å². The monoisotopic (exact) mass is 388 g/mol. The molecule has 2 aliphatic heterocycles. The third kappa shape index (κ3) is 5.39. The molecule has 2 fully saturated rings. The van der Waals surface area contributed by atoms with Gasteiger partial charge >= 0.3 is 0 Å². The molecule has 2 heterocycles. The molecular weight excluding hydrogens is 352 g/mol. The Bertz CT molecular complexity index is 637. The second kappa shape index (κ2) is 10.1. The molecule has 1 aromatic carbocycles. The molecule has 6 nitrogen and oxygen atoms in total. The number of nitrogens with zero attached hydrogens (tertiary/aromatic N) is 2. The first-order chi connectivity index (χ1) is 13.6. The summed E-state index contributed by atoms with van der Waals surface area (Å²) in [6, 6.07) is 8.63. The zero-order valence-corrected chi connectivity index (χ0v) is 17.7. The second-order valence-corrected chi connectivity index (χ2v) is 8.06. The molecule has 1 aromatic rings. The topological polar surface area (TPSA) is 58.1 Å². The first kappa shape index (κ1) is 20.9. The van der Waals surface area contributed by atoms with Crippen molar-refractivity contribution >= 4 is 5.96 Å². The molecule has 0 amide bonds. The summed E-state index contributed by atoms with van der Waals surface area (Å²) in [5.74, 6) is 1.78. The Morgan fingerprint density at radius 1 is 1.21 bits per heavy atom. The van der Waals surface area contributed by atoms with Crippen LogP contribution in [0.25, 0.3) is 0 Å². The smallest absolute Gasteiger partial charge is 0.191 e. The number of methoxy groups -OCH3 is 1. The van der Waals surface area contributed by atoms with Crippen molar-refractivity contribution in [1.29, 1.82) is 0 Å². The predicted octanol–water partition coefficient (Wildman–Crippen LogP) is 2.96. The van der Waals surface area contributed by atoms with Gasteiger partial charge in [0.25, 0.3) is 0 Å². The van der Waals surface area contributed by atoms with Crippen molar-refractivity contribution in [3.05, 3.63) is 29.8 Å². The molecular formula is C22H36N4O2. The second-order valence-electron chi connectivity index (χ2n) is 8.06. The number of rotatable bonds is 7. The maximum atomic E-state index is 5.89. The first-order valence-corrected chi connectivity index (χ1v) is 10.6. The summed E-state index contributed by atoms with van der Waals surface area (Å²) in [4.78, 5) is 7.00. The van der Waals surface area contributed by atoms with Gasteiger partial charge in [-0.25, -0.2) is 0 Å². The van der Waals surface area contributed by atoms with Gasteiger partial charge in [0.2, 0.25) is 0 Å². The lowest BCUT2D eigenvalue weighted by molar-refractivity contribution is 0.0242. The Morgan fingerprint density at radius 3 is 2.68 bits per heavy atom. The Morgan fingerprint density at radius 2 is 2.00 bits per heavy atom. The number of para-hydroxylation sites is 1. The van der Waals surface area contributed by atoms with Crippen LogP contribution in [0.15, 0.2) is 29.3 Å². The summed E-state index contributed by atoms with van der Waals surface area (Å²) in [7, 11) is 3.58. The molecule has 0 bridgehead atoms. The zero-order valence-electron chi connectivity index (χ0n) is 17.7. The van der Waals surface area contributed by atoms with E-state index in [0.717, 1.165) is 57.3 Å². The van der Waals surface area contributed by atoms with Crippen LogP contribution in [-0.2, 0) is 4.74 Å². The Labute approximate surface area is 169 Å². The minimum absolute atomic E-state index is 0.0907. The van der Waals surface area contributed by atoms with Gasteiger partial charge in [-0.15, -0.1) is 0 Å². The van der Waals surface area contributed by atoms with Crippen LogP contribution >= 0.6 is 0 Å². The molecule has 2 unspecified atom stereocenters. The Hall–Kier alpha value is -1.79. The molecule has 2 atom stereocenters. The van der Waals surface area contributed by atoms with Gasteiger partial charge in [-0.1, -0.05) is 24.6 Å². The average Bonchev–Trinajstić information content (AvgIpc) is 3.18. The van der Waals surface area contributed by atoms with Crippen molar-refractivity contribution in [3.63, 3.8) is 0 Å². The van der Waals surface area contributed by atoms with Crippen molar-refractivity contribution in [2.75, 3.05) is 46.9 Å². The van der Waals surface area contributed by atoms with Gasteiger partial charge in [0.1, 0.15) is 5.75 Å². The van der Waals surface area contributed by atoms with Gasteiger partial charge in [-0.3, -0.25) is 9.89 Å². The van der Waals surface area contributed by atoms with E-state index in [1.165, 1.54) is 24.8 Å². The number of guanidine groups is 1. The van der Waals surface area contributed by atoms with Crippen LogP contribution in [0.5, 0.6) is 5.75 Å². The van der Waals surface area contributed by atoms with Crippen LogP contribution in [0.2, 0.25) is 0 Å². The number of benzene rings is 1. The molecule has 0 spiro atoms. The van der Waals surface area contributed by atoms with E-state index in [-0.39, 0.29) is 11.6 Å². The molecule has 0 aromatic heterocycles. The number of nitrogens with one attached hydrogen (secondary N) is 2. The summed E-state index contributed by atoms with van der Waals surface area (Å²) in [5.41, 5.74) is 1.15. The number of likely N-dealkylation sites (tertiary alicyclic amines) is 1. The van der Waals surface area contributed by atoms with Crippen molar-refractivity contribution in [2.45, 2.75) is 50.7 Å². The van der Waals surface area contributed by atoms with Gasteiger partial charge in [0, 0.05) is 32.3 Å². The minimum Gasteiger partial charge on any atom is -0.496 e. The fourth-order valence-corrected chi connectivity index (χ4v) is 4.27. The lowest BCUT2D eigenvalue weighted by atomic mass is 10.0. The molecule has 6 heteroatoms. The summed E-state index contributed by atoms with van der Waals surface area (Å²) in [6.07, 6.45) is 6.07. The normalized spacial score (nSPS) is 24.8. The molecule has 0 radical (unpaired) electrons. The highest BCUT2D eigenvalue weighted by Gasteiger charge is 2.30. The summed E-state index contributed by atoms with van der Waals surface area (Å²) < 4.78 is 11.5. The minimum atomic E-state index is -0.0907. The molecule has 156 valence electrons. The Balaban J connectivity index is 1.66. The molecule has 2 aliphatic rings. The van der Waals surface area contributed by atoms with Crippen LogP contribution < -0.4 is 15.4 Å². The molecule has 0 saturated carbocycles. The molecule has 2 saturated heterocycles. The molecule has 0 aliphatic carbocycles. The van der Waals surface area contributed by atoms with Crippen molar-refractivity contribution in [3.8, 4) is 5.75 Å². The van der Waals surface area contributed by atoms with Crippen LogP contribution in [0, 0.1) is 0 Å². The lowest BCUT2D eigenvalue weighted by Gasteiger charge is -2.36. The highest BCUT2D eigenvalue weighted by molar-refractivity contribution is 5.79. The van der Waals surface area contributed by atoms with Crippen LogP contribution in [0.3, 0.4) is 0 Å². The van der Waals surface area contributed by atoms with Crippen LogP contribution in [0.4, 0.5) is 0 Å². The van der Waals surface area contributed by atoms with Gasteiger partial charge < -0.3 is 20.1 Å². The van der Waals surface area contributed by atoms with Gasteiger partial charge in [0.15, 0.2) is 5.96 Å².